The minimum absolute atomic E-state index is 0.0964. The average Bonchev–Trinajstić information content (AvgIpc) is 2.68. The van der Waals surface area contributed by atoms with Gasteiger partial charge >= 0.3 is 5.97 Å². The number of carboxylic acids is 1. The van der Waals surface area contributed by atoms with Crippen LogP contribution < -0.4 is 5.32 Å². The molecule has 0 saturated carbocycles. The number of likely N-dealkylation sites (tertiary alicyclic amines) is 1. The van der Waals surface area contributed by atoms with E-state index in [2.05, 4.69) is 5.32 Å². The highest BCUT2D eigenvalue weighted by Crippen LogP contribution is 2.29. The number of carbonyl (C=O) groups excluding carboxylic acids is 2. The number of allylic oxidation sites excluding steroid dienone is 2. The van der Waals surface area contributed by atoms with Crippen molar-refractivity contribution in [3.63, 3.8) is 0 Å². The van der Waals surface area contributed by atoms with Gasteiger partial charge in [0.2, 0.25) is 5.91 Å². The van der Waals surface area contributed by atoms with Crippen molar-refractivity contribution in [2.24, 2.45) is 11.8 Å². The predicted molar refractivity (Wildman–Crippen MR) is 103 cm³/mol. The third-order valence-electron chi connectivity index (χ3n) is 5.20. The van der Waals surface area contributed by atoms with Crippen LogP contribution >= 0.6 is 11.6 Å². The molecule has 0 spiro atoms. The van der Waals surface area contributed by atoms with Crippen molar-refractivity contribution in [2.75, 3.05) is 18.4 Å². The van der Waals surface area contributed by atoms with E-state index in [9.17, 15) is 19.5 Å². The summed E-state index contributed by atoms with van der Waals surface area (Å²) in [5.41, 5.74) is 0.875. The third-order valence-corrected chi connectivity index (χ3v) is 5.51. The molecule has 1 saturated heterocycles. The van der Waals surface area contributed by atoms with Gasteiger partial charge in [-0.1, -0.05) is 23.8 Å². The van der Waals surface area contributed by atoms with Crippen LogP contribution in [0.2, 0.25) is 5.02 Å². The smallest absolute Gasteiger partial charge is 0.307 e. The molecule has 2 aliphatic rings. The number of hydrogen-bond donors (Lipinski definition) is 2. The van der Waals surface area contributed by atoms with Crippen LogP contribution in [0.25, 0.3) is 0 Å². The first-order valence-electron chi connectivity index (χ1n) is 9.25. The average molecular weight is 391 g/mol. The number of aliphatic carboxylic acids is 1. The van der Waals surface area contributed by atoms with E-state index < -0.39 is 17.8 Å². The van der Waals surface area contributed by atoms with Gasteiger partial charge in [-0.3, -0.25) is 14.4 Å². The zero-order valence-electron chi connectivity index (χ0n) is 15.0. The maximum atomic E-state index is 12.6. The summed E-state index contributed by atoms with van der Waals surface area (Å²) in [5.74, 6) is -2.77. The Morgan fingerprint density at radius 3 is 2.33 bits per heavy atom. The van der Waals surface area contributed by atoms with Crippen molar-refractivity contribution in [3.8, 4) is 0 Å². The molecule has 1 aliphatic carbocycles. The number of nitrogens with zero attached hydrogens (tertiary/aromatic N) is 1. The maximum Gasteiger partial charge on any atom is 0.307 e. The molecule has 1 aromatic rings. The van der Waals surface area contributed by atoms with Crippen molar-refractivity contribution < 1.29 is 19.5 Å². The van der Waals surface area contributed by atoms with E-state index in [1.54, 1.807) is 29.2 Å². The van der Waals surface area contributed by atoms with E-state index in [1.165, 1.54) is 0 Å². The molecule has 3 rings (SSSR count). The van der Waals surface area contributed by atoms with Crippen LogP contribution in [0.5, 0.6) is 0 Å². The van der Waals surface area contributed by atoms with Crippen LogP contribution in [0.15, 0.2) is 30.4 Å². The monoisotopic (exact) mass is 390 g/mol. The van der Waals surface area contributed by atoms with Gasteiger partial charge in [0.05, 0.1) is 22.4 Å². The molecule has 0 aromatic heterocycles. The fraction of sp³-hybridized carbons (Fsp3) is 0.450. The van der Waals surface area contributed by atoms with E-state index in [0.29, 0.717) is 24.1 Å². The Morgan fingerprint density at radius 2 is 1.70 bits per heavy atom. The van der Waals surface area contributed by atoms with E-state index in [-0.39, 0.29) is 16.8 Å². The minimum atomic E-state index is -0.972. The van der Waals surface area contributed by atoms with Gasteiger partial charge in [-0.15, -0.1) is 0 Å². The first kappa shape index (κ1) is 19.4. The summed E-state index contributed by atoms with van der Waals surface area (Å²) in [6, 6.07) is 4.80. The summed E-state index contributed by atoms with van der Waals surface area (Å²) in [4.78, 5) is 38.3. The molecule has 1 heterocycles. The summed E-state index contributed by atoms with van der Waals surface area (Å²) in [7, 11) is 0. The molecule has 0 unspecified atom stereocenters. The highest BCUT2D eigenvalue weighted by atomic mass is 35.5. The molecule has 7 heteroatoms. The van der Waals surface area contributed by atoms with Crippen molar-refractivity contribution in [3.05, 3.63) is 40.9 Å². The van der Waals surface area contributed by atoms with Crippen LogP contribution in [0.3, 0.4) is 0 Å². The number of benzene rings is 1. The van der Waals surface area contributed by atoms with Crippen LogP contribution in [0, 0.1) is 11.8 Å². The zero-order chi connectivity index (χ0) is 19.4. The van der Waals surface area contributed by atoms with Crippen molar-refractivity contribution in [2.45, 2.75) is 32.1 Å². The van der Waals surface area contributed by atoms with Crippen LogP contribution in [-0.4, -0.2) is 40.9 Å². The molecule has 0 radical (unpaired) electrons. The van der Waals surface area contributed by atoms with E-state index in [0.717, 1.165) is 32.4 Å². The summed E-state index contributed by atoms with van der Waals surface area (Å²) < 4.78 is 0. The summed E-state index contributed by atoms with van der Waals surface area (Å²) in [6.45, 7) is 1.47. The Kier molecular flexibility index (Phi) is 6.16. The highest BCUT2D eigenvalue weighted by Gasteiger charge is 2.34. The van der Waals surface area contributed by atoms with E-state index >= 15 is 0 Å². The lowest BCUT2D eigenvalue weighted by Crippen LogP contribution is -2.36. The molecule has 2 amide bonds. The first-order chi connectivity index (χ1) is 13.0. The quantitative estimate of drug-likeness (QED) is 0.769. The van der Waals surface area contributed by atoms with E-state index in [4.69, 9.17) is 11.6 Å². The Hall–Kier alpha value is -2.34. The molecule has 144 valence electrons. The molecule has 0 bridgehead atoms. The third kappa shape index (κ3) is 4.50. The highest BCUT2D eigenvalue weighted by molar-refractivity contribution is 6.34. The predicted octanol–water partition coefficient (Wildman–Crippen LogP) is 3.57. The first-order valence-corrected chi connectivity index (χ1v) is 9.62. The van der Waals surface area contributed by atoms with Gasteiger partial charge in [-0.05, 0) is 50.3 Å². The Labute approximate surface area is 163 Å². The van der Waals surface area contributed by atoms with Gasteiger partial charge < -0.3 is 15.3 Å². The second kappa shape index (κ2) is 8.57. The Bertz CT molecular complexity index is 771. The van der Waals surface area contributed by atoms with Crippen molar-refractivity contribution in [1.29, 1.82) is 0 Å². The largest absolute Gasteiger partial charge is 0.481 e. The summed E-state index contributed by atoms with van der Waals surface area (Å²) in [5, 5.41) is 12.3. The van der Waals surface area contributed by atoms with Gasteiger partial charge in [0.1, 0.15) is 0 Å². The standard InChI is InChI=1S/C20H23ClN2O4/c21-17-12-13(8-9-16(17)19(25)23-10-4-1-5-11-23)22-18(24)14-6-2-3-7-15(14)20(26)27/h2-3,8-9,12,14-15H,1,4-7,10-11H2,(H,22,24)(H,26,27)/t14-,15+/m1/s1. The Balaban J connectivity index is 1.70. The SMILES string of the molecule is O=C(O)[C@H]1CC=CC[C@H]1C(=O)Nc1ccc(C(=O)N2CCCCC2)c(Cl)c1. The molecule has 2 N–H and O–H groups in total. The second-order valence-electron chi connectivity index (χ2n) is 7.03. The molecule has 1 aliphatic heterocycles. The van der Waals surface area contributed by atoms with Gasteiger partial charge in [-0.25, -0.2) is 0 Å². The van der Waals surface area contributed by atoms with Crippen molar-refractivity contribution >= 4 is 35.1 Å². The van der Waals surface area contributed by atoms with E-state index in [1.807, 2.05) is 6.08 Å². The second-order valence-corrected chi connectivity index (χ2v) is 7.44. The van der Waals surface area contributed by atoms with Gasteiger partial charge in [0.15, 0.2) is 0 Å². The van der Waals surface area contributed by atoms with Gasteiger partial charge in [-0.2, -0.15) is 0 Å². The molecule has 1 aromatic carbocycles. The fourth-order valence-corrected chi connectivity index (χ4v) is 3.91. The van der Waals surface area contributed by atoms with Gasteiger partial charge in [0, 0.05) is 18.8 Å². The van der Waals surface area contributed by atoms with Crippen molar-refractivity contribution in [1.82, 2.24) is 4.90 Å². The lowest BCUT2D eigenvalue weighted by molar-refractivity contribution is -0.146. The minimum Gasteiger partial charge on any atom is -0.481 e. The molecular formula is C20H23ClN2O4. The number of carbonyl (C=O) groups is 3. The topological polar surface area (TPSA) is 86.7 Å². The maximum absolute atomic E-state index is 12.6. The normalized spacial score (nSPS) is 22.3. The van der Waals surface area contributed by atoms with Crippen LogP contribution in [0.4, 0.5) is 5.69 Å². The molecule has 6 nitrogen and oxygen atoms in total. The molecular weight excluding hydrogens is 368 g/mol. The number of piperidine rings is 1. The van der Waals surface area contributed by atoms with Crippen LogP contribution in [0.1, 0.15) is 42.5 Å². The molecule has 27 heavy (non-hydrogen) atoms. The molecule has 2 atom stereocenters. The number of halogens is 1. The zero-order valence-corrected chi connectivity index (χ0v) is 15.7. The summed E-state index contributed by atoms with van der Waals surface area (Å²) in [6.07, 6.45) is 7.49. The number of nitrogens with one attached hydrogen (secondary N) is 1. The number of carboxylic acid groups (broad SMARTS) is 1. The Morgan fingerprint density at radius 1 is 1.04 bits per heavy atom. The lowest BCUT2D eigenvalue weighted by Gasteiger charge is -2.27. The summed E-state index contributed by atoms with van der Waals surface area (Å²) >= 11 is 6.29. The van der Waals surface area contributed by atoms with Gasteiger partial charge in [0.25, 0.3) is 5.91 Å². The number of anilines is 1. The molecule has 1 fully saturated rings. The fourth-order valence-electron chi connectivity index (χ4n) is 3.65. The van der Waals surface area contributed by atoms with Crippen LogP contribution in [-0.2, 0) is 9.59 Å². The number of rotatable bonds is 4. The number of hydrogen-bond acceptors (Lipinski definition) is 3. The number of amides is 2. The lowest BCUT2D eigenvalue weighted by atomic mass is 9.82.